The van der Waals surface area contributed by atoms with Gasteiger partial charge in [0.15, 0.2) is 0 Å². The Balaban J connectivity index is 0.000000155. The van der Waals surface area contributed by atoms with Crippen LogP contribution < -0.4 is 17.2 Å². The summed E-state index contributed by atoms with van der Waals surface area (Å²) in [5.41, 5.74) is 27.6. The zero-order valence-corrected chi connectivity index (χ0v) is 55.2. The molecule has 6 N–H and O–H groups in total. The largest absolute Gasteiger partial charge is 0.460 e. The molecule has 0 bridgehead atoms. The van der Waals surface area contributed by atoms with Gasteiger partial charge in [-0.15, -0.1) is 0 Å². The lowest BCUT2D eigenvalue weighted by atomic mass is 9.93. The van der Waals surface area contributed by atoms with E-state index < -0.39 is 23.0 Å². The number of amides is 2. The van der Waals surface area contributed by atoms with Crippen LogP contribution in [0.5, 0.6) is 0 Å². The van der Waals surface area contributed by atoms with Crippen LogP contribution in [0.25, 0.3) is 65.7 Å². The number of aromatic nitrogens is 3. The maximum Gasteiger partial charge on any atom is 0.306 e. The van der Waals surface area contributed by atoms with Crippen LogP contribution in [0.4, 0.5) is 0 Å². The summed E-state index contributed by atoms with van der Waals surface area (Å²) in [5.74, 6) is -0.226. The van der Waals surface area contributed by atoms with Crippen molar-refractivity contribution >= 4 is 56.1 Å². The molecule has 3 aromatic heterocycles. The van der Waals surface area contributed by atoms with E-state index >= 15 is 0 Å². The lowest BCUT2D eigenvalue weighted by molar-refractivity contribution is -0.157. The van der Waals surface area contributed by atoms with Gasteiger partial charge in [0.1, 0.15) is 11.2 Å². The van der Waals surface area contributed by atoms with E-state index in [1.54, 1.807) is 24.3 Å². The molecular formula is C78H88N10O6. The van der Waals surface area contributed by atoms with Crippen LogP contribution in [-0.4, -0.2) is 110 Å². The number of rotatable bonds is 15. The smallest absolute Gasteiger partial charge is 0.306 e. The van der Waals surface area contributed by atoms with E-state index in [9.17, 15) is 19.2 Å². The SMILES string of the molecule is CC(C)(C)OC(=O)CC1CCN(Cc2ccc3cncc(-c4ccc(C#N)cc4)c3c2)CC1.CC(C)(C)OC(=O)CC1CCN(Cc2ccc3cncc(-c4ccc(C(N)=O)cc4)c3c2)CC1.NC(=O)c1ccc(-c2cncc3ccc(CN4CCC(N)CC4)cc23)cc1. The van der Waals surface area contributed by atoms with E-state index in [0.717, 1.165) is 152 Å². The number of carbonyl (C=O) groups excluding carboxylic acids is 4. The molecule has 0 radical (unpaired) electrons. The fourth-order valence-electron chi connectivity index (χ4n) is 12.8. The number of ether oxygens (including phenoxy) is 2. The number of nitriles is 1. The Morgan fingerprint density at radius 1 is 0.457 bits per heavy atom. The summed E-state index contributed by atoms with van der Waals surface area (Å²) < 4.78 is 11.0. The molecule has 12 rings (SSSR count). The second-order valence-corrected chi connectivity index (χ2v) is 27.4. The van der Waals surface area contributed by atoms with E-state index in [0.29, 0.717) is 47.4 Å². The van der Waals surface area contributed by atoms with Gasteiger partial charge in [-0.25, -0.2) is 0 Å². The maximum atomic E-state index is 12.2. The molecule has 9 aromatic rings. The molecular weight excluding hydrogens is 1170 g/mol. The van der Waals surface area contributed by atoms with E-state index in [2.05, 4.69) is 90.3 Å². The first-order valence-electron chi connectivity index (χ1n) is 32.9. The Kier molecular flexibility index (Phi) is 22.1. The summed E-state index contributed by atoms with van der Waals surface area (Å²) in [6.45, 7) is 20.2. The summed E-state index contributed by atoms with van der Waals surface area (Å²) >= 11 is 0. The van der Waals surface area contributed by atoms with Crippen molar-refractivity contribution in [2.75, 3.05) is 39.3 Å². The van der Waals surface area contributed by atoms with Gasteiger partial charge in [0.2, 0.25) is 11.8 Å². The van der Waals surface area contributed by atoms with Crippen molar-refractivity contribution in [2.45, 2.75) is 130 Å². The van der Waals surface area contributed by atoms with E-state index in [-0.39, 0.29) is 11.9 Å². The van der Waals surface area contributed by atoms with Crippen molar-refractivity contribution in [1.82, 2.24) is 29.7 Å². The highest BCUT2D eigenvalue weighted by atomic mass is 16.6. The van der Waals surface area contributed by atoms with E-state index in [1.165, 1.54) is 27.5 Å². The predicted molar refractivity (Wildman–Crippen MR) is 373 cm³/mol. The third-order valence-electron chi connectivity index (χ3n) is 17.8. The first-order chi connectivity index (χ1) is 45.1. The number of pyridine rings is 3. The van der Waals surface area contributed by atoms with E-state index in [4.69, 9.17) is 31.9 Å². The molecule has 3 fully saturated rings. The van der Waals surface area contributed by atoms with Crippen LogP contribution in [0, 0.1) is 23.2 Å². The molecule has 6 aromatic carbocycles. The quantitative estimate of drug-likeness (QED) is 0.0810. The molecule has 3 saturated heterocycles. The van der Waals surface area contributed by atoms with Crippen molar-refractivity contribution in [1.29, 1.82) is 5.26 Å². The van der Waals surface area contributed by atoms with Crippen LogP contribution in [-0.2, 0) is 38.7 Å². The highest BCUT2D eigenvalue weighted by Gasteiger charge is 2.27. The highest BCUT2D eigenvalue weighted by Crippen LogP contribution is 2.34. The predicted octanol–water partition coefficient (Wildman–Crippen LogP) is 13.6. The van der Waals surface area contributed by atoms with Gasteiger partial charge in [-0.3, -0.25) is 48.8 Å². The number of primary amides is 2. The van der Waals surface area contributed by atoms with Crippen LogP contribution in [0.2, 0.25) is 0 Å². The van der Waals surface area contributed by atoms with Crippen molar-refractivity contribution < 1.29 is 28.7 Å². The molecule has 0 aliphatic carbocycles. The molecule has 16 nitrogen and oxygen atoms in total. The molecule has 3 aliphatic heterocycles. The fourth-order valence-corrected chi connectivity index (χ4v) is 12.8. The fraction of sp³-hybridized carbons (Fsp3) is 0.359. The van der Waals surface area contributed by atoms with Gasteiger partial charge in [0.05, 0.1) is 11.6 Å². The monoisotopic (exact) mass is 1260 g/mol. The summed E-state index contributed by atoms with van der Waals surface area (Å²) in [5, 5.41) is 15.9. The summed E-state index contributed by atoms with van der Waals surface area (Å²) in [4.78, 5) is 67.6. The average Bonchev–Trinajstić information content (AvgIpc) is 0.817. The molecule has 486 valence electrons. The van der Waals surface area contributed by atoms with Crippen molar-refractivity contribution in [3.05, 3.63) is 198 Å². The Morgan fingerprint density at radius 2 is 0.766 bits per heavy atom. The van der Waals surface area contributed by atoms with Gasteiger partial charge in [-0.2, -0.15) is 5.26 Å². The molecule has 0 atom stereocenters. The molecule has 0 unspecified atom stereocenters. The van der Waals surface area contributed by atoms with Crippen molar-refractivity contribution in [3.63, 3.8) is 0 Å². The summed E-state index contributed by atoms with van der Waals surface area (Å²) in [7, 11) is 0. The zero-order valence-electron chi connectivity index (χ0n) is 55.2. The van der Waals surface area contributed by atoms with E-state index in [1.807, 2.05) is 127 Å². The average molecular weight is 1260 g/mol. The van der Waals surface area contributed by atoms with Crippen LogP contribution in [0.1, 0.15) is 136 Å². The number of carbonyl (C=O) groups is 4. The Morgan fingerprint density at radius 3 is 1.06 bits per heavy atom. The molecule has 0 spiro atoms. The first kappa shape index (κ1) is 67.6. The normalized spacial score (nSPS) is 15.5. The minimum Gasteiger partial charge on any atom is -0.460 e. The van der Waals surface area contributed by atoms with Gasteiger partial charge in [-0.1, -0.05) is 72.8 Å². The van der Waals surface area contributed by atoms with Crippen LogP contribution >= 0.6 is 0 Å². The molecule has 0 saturated carbocycles. The summed E-state index contributed by atoms with van der Waals surface area (Å²) in [6.07, 6.45) is 18.5. The second kappa shape index (κ2) is 30.7. The molecule has 3 aliphatic rings. The second-order valence-electron chi connectivity index (χ2n) is 27.4. The van der Waals surface area contributed by atoms with Crippen molar-refractivity contribution in [3.8, 4) is 39.4 Å². The van der Waals surface area contributed by atoms with Gasteiger partial charge < -0.3 is 26.7 Å². The third-order valence-corrected chi connectivity index (χ3v) is 17.8. The minimum absolute atomic E-state index is 0.0839. The number of piperidine rings is 3. The standard InChI is InChI=1S/C28H33N3O3.C28H31N3O2.C22H24N4O/c1-28(2,3)34-26(32)15-19-10-12-31(13-11-19)18-20-4-5-23-16-30-17-25(24(23)14-20)21-6-8-22(9-7-21)27(29)33;1-28(2,3)33-27(32)15-20-10-12-31(13-11-20)19-22-6-9-24-17-30-18-26(25(24)14-22)23-7-4-21(16-29)5-8-23;23-19-7-9-26(10-8-19)14-15-1-2-18-12-25-13-21(20(18)11-15)16-3-5-17(6-4-16)22(24)27/h4-9,14,16-17,19H,10-13,15,18H2,1-3H3,(H2,29,33);4-9,14,17-18,20H,10-13,15,19H2,1-3H3;1-6,11-13,19H,7-10,14,23H2,(H2,24,27). The number of likely N-dealkylation sites (tertiary alicyclic amines) is 3. The van der Waals surface area contributed by atoms with Gasteiger partial charge >= 0.3 is 11.9 Å². The molecule has 94 heavy (non-hydrogen) atoms. The molecule has 16 heteroatoms. The Hall–Kier alpha value is -9.24. The van der Waals surface area contributed by atoms with Crippen LogP contribution in [0.3, 0.4) is 0 Å². The Labute approximate surface area is 552 Å². The number of hydrogen-bond acceptors (Lipinski definition) is 14. The Bertz CT molecular complexity index is 4150. The summed E-state index contributed by atoms with van der Waals surface area (Å²) in [6, 6.07) is 44.6. The van der Waals surface area contributed by atoms with Gasteiger partial charge in [0.25, 0.3) is 0 Å². The lowest BCUT2D eigenvalue weighted by Gasteiger charge is -2.32. The van der Waals surface area contributed by atoms with Crippen molar-refractivity contribution in [2.24, 2.45) is 29.0 Å². The van der Waals surface area contributed by atoms with Gasteiger partial charge in [0, 0.05) is 120 Å². The minimum atomic E-state index is -0.431. The van der Waals surface area contributed by atoms with Crippen LogP contribution in [0.15, 0.2) is 165 Å². The first-order valence-corrected chi connectivity index (χ1v) is 32.9. The third kappa shape index (κ3) is 18.8. The maximum absolute atomic E-state index is 12.2. The number of esters is 2. The zero-order chi connectivity index (χ0) is 66.5. The number of benzene rings is 6. The number of nitrogens with two attached hydrogens (primary N) is 3. The highest BCUT2D eigenvalue weighted by molar-refractivity contribution is 6.00. The topological polar surface area (TPSA) is 237 Å². The van der Waals surface area contributed by atoms with Gasteiger partial charge in [-0.05, 0) is 235 Å². The number of nitrogens with zero attached hydrogens (tertiary/aromatic N) is 7. The molecule has 6 heterocycles. The lowest BCUT2D eigenvalue weighted by Crippen LogP contribution is -2.39. The molecule has 2 amide bonds. The number of hydrogen-bond donors (Lipinski definition) is 3. The number of fused-ring (bicyclic) bond motifs is 3.